The molecule has 17 heavy (non-hydrogen) atoms. The standard InChI is InChI=1S/C12H17BrN2OS/c1-3-14-12(17)15(2)8-9-16-11-6-4-10(13)5-7-11/h4-7H,3,8-9H2,1-2H3,(H,14,17). The van der Waals surface area contributed by atoms with Gasteiger partial charge in [-0.1, -0.05) is 15.9 Å². The molecule has 0 amide bonds. The van der Waals surface area contributed by atoms with E-state index in [2.05, 4.69) is 21.2 Å². The fourth-order valence-corrected chi connectivity index (χ4v) is 1.72. The molecule has 5 heteroatoms. The lowest BCUT2D eigenvalue weighted by atomic mass is 10.3. The molecule has 1 aromatic carbocycles. The number of hydrogen-bond acceptors (Lipinski definition) is 2. The van der Waals surface area contributed by atoms with Crippen molar-refractivity contribution in [2.24, 2.45) is 0 Å². The number of benzene rings is 1. The lowest BCUT2D eigenvalue weighted by molar-refractivity contribution is 0.283. The molecular formula is C12H17BrN2OS. The van der Waals surface area contributed by atoms with E-state index in [1.807, 2.05) is 43.1 Å². The van der Waals surface area contributed by atoms with Crippen LogP contribution >= 0.6 is 28.1 Å². The van der Waals surface area contributed by atoms with Gasteiger partial charge in [-0.3, -0.25) is 0 Å². The van der Waals surface area contributed by atoms with Gasteiger partial charge < -0.3 is 15.0 Å². The Bertz CT molecular complexity index is 356. The Kier molecular flexibility index (Phi) is 6.29. The third-order valence-electron chi connectivity index (χ3n) is 2.18. The summed E-state index contributed by atoms with van der Waals surface area (Å²) in [7, 11) is 1.95. The Hall–Kier alpha value is -0.810. The third kappa shape index (κ3) is 5.37. The van der Waals surface area contributed by atoms with Gasteiger partial charge in [0, 0.05) is 18.1 Å². The van der Waals surface area contributed by atoms with Gasteiger partial charge in [0.05, 0.1) is 6.54 Å². The van der Waals surface area contributed by atoms with Crippen LogP contribution in [-0.4, -0.2) is 36.8 Å². The average Bonchev–Trinajstić information content (AvgIpc) is 2.32. The molecule has 0 fully saturated rings. The van der Waals surface area contributed by atoms with E-state index in [0.29, 0.717) is 6.61 Å². The van der Waals surface area contributed by atoms with Crippen molar-refractivity contribution in [1.29, 1.82) is 0 Å². The van der Waals surface area contributed by atoms with E-state index in [-0.39, 0.29) is 0 Å². The number of halogens is 1. The Morgan fingerprint density at radius 3 is 2.65 bits per heavy atom. The van der Waals surface area contributed by atoms with E-state index in [4.69, 9.17) is 17.0 Å². The molecule has 0 aliphatic heterocycles. The van der Waals surface area contributed by atoms with Gasteiger partial charge >= 0.3 is 0 Å². The Balaban J connectivity index is 2.27. The lowest BCUT2D eigenvalue weighted by Gasteiger charge is -2.20. The van der Waals surface area contributed by atoms with Crippen molar-refractivity contribution in [3.63, 3.8) is 0 Å². The van der Waals surface area contributed by atoms with Crippen molar-refractivity contribution in [1.82, 2.24) is 10.2 Å². The van der Waals surface area contributed by atoms with E-state index in [9.17, 15) is 0 Å². The highest BCUT2D eigenvalue weighted by atomic mass is 79.9. The highest BCUT2D eigenvalue weighted by Crippen LogP contribution is 2.15. The highest BCUT2D eigenvalue weighted by molar-refractivity contribution is 9.10. The van der Waals surface area contributed by atoms with Gasteiger partial charge in [-0.05, 0) is 43.4 Å². The molecule has 0 spiro atoms. The van der Waals surface area contributed by atoms with Crippen LogP contribution in [0.2, 0.25) is 0 Å². The van der Waals surface area contributed by atoms with Crippen molar-refractivity contribution in [2.45, 2.75) is 6.92 Å². The zero-order valence-electron chi connectivity index (χ0n) is 10.1. The molecule has 0 unspecified atom stereocenters. The molecule has 1 rings (SSSR count). The van der Waals surface area contributed by atoms with Gasteiger partial charge in [0.15, 0.2) is 5.11 Å². The molecule has 0 aliphatic carbocycles. The van der Waals surface area contributed by atoms with Crippen molar-refractivity contribution in [3.8, 4) is 5.75 Å². The predicted octanol–water partition coefficient (Wildman–Crippen LogP) is 2.65. The lowest BCUT2D eigenvalue weighted by Crippen LogP contribution is -2.38. The van der Waals surface area contributed by atoms with Gasteiger partial charge in [-0.25, -0.2) is 0 Å². The molecule has 0 bridgehead atoms. The van der Waals surface area contributed by atoms with Crippen LogP contribution in [0.25, 0.3) is 0 Å². The smallest absolute Gasteiger partial charge is 0.168 e. The topological polar surface area (TPSA) is 24.5 Å². The summed E-state index contributed by atoms with van der Waals surface area (Å²) in [6.45, 7) is 4.25. The van der Waals surface area contributed by atoms with Gasteiger partial charge in [0.25, 0.3) is 0 Å². The predicted molar refractivity (Wildman–Crippen MR) is 78.5 cm³/mol. The second kappa shape index (κ2) is 7.50. The minimum atomic E-state index is 0.615. The molecule has 0 saturated heterocycles. The maximum Gasteiger partial charge on any atom is 0.168 e. The summed E-state index contributed by atoms with van der Waals surface area (Å²) in [4.78, 5) is 1.97. The summed E-state index contributed by atoms with van der Waals surface area (Å²) in [6, 6.07) is 7.80. The van der Waals surface area contributed by atoms with Crippen molar-refractivity contribution >= 4 is 33.3 Å². The largest absolute Gasteiger partial charge is 0.492 e. The Labute approximate surface area is 116 Å². The summed E-state index contributed by atoms with van der Waals surface area (Å²) < 4.78 is 6.66. The molecule has 0 aliphatic rings. The first-order valence-corrected chi connectivity index (χ1v) is 6.71. The summed E-state index contributed by atoms with van der Waals surface area (Å²) in [6.07, 6.45) is 0. The van der Waals surface area contributed by atoms with E-state index in [0.717, 1.165) is 28.4 Å². The number of hydrogen-bond donors (Lipinski definition) is 1. The first-order chi connectivity index (χ1) is 8.13. The van der Waals surface area contributed by atoms with Crippen LogP contribution in [-0.2, 0) is 0 Å². The summed E-state index contributed by atoms with van der Waals surface area (Å²) in [5, 5.41) is 3.85. The maximum absolute atomic E-state index is 5.61. The normalized spacial score (nSPS) is 9.82. The van der Waals surface area contributed by atoms with Gasteiger partial charge in [0.1, 0.15) is 12.4 Å². The van der Waals surface area contributed by atoms with Crippen LogP contribution in [0, 0.1) is 0 Å². The maximum atomic E-state index is 5.61. The molecule has 0 heterocycles. The number of thiocarbonyl (C=S) groups is 1. The van der Waals surface area contributed by atoms with Crippen LogP contribution < -0.4 is 10.1 Å². The fraction of sp³-hybridized carbons (Fsp3) is 0.417. The summed E-state index contributed by atoms with van der Waals surface area (Å²) >= 11 is 8.56. The van der Waals surface area contributed by atoms with E-state index in [1.165, 1.54) is 0 Å². The SMILES string of the molecule is CCNC(=S)N(C)CCOc1ccc(Br)cc1. The first kappa shape index (κ1) is 14.3. The average molecular weight is 317 g/mol. The third-order valence-corrected chi connectivity index (χ3v) is 3.17. The second-order valence-corrected chi connectivity index (χ2v) is 4.86. The fourth-order valence-electron chi connectivity index (χ4n) is 1.22. The van der Waals surface area contributed by atoms with Crippen LogP contribution in [0.1, 0.15) is 6.92 Å². The molecule has 0 radical (unpaired) electrons. The van der Waals surface area contributed by atoms with Crippen molar-refractivity contribution in [3.05, 3.63) is 28.7 Å². The van der Waals surface area contributed by atoms with E-state index < -0.39 is 0 Å². The molecule has 0 saturated carbocycles. The zero-order chi connectivity index (χ0) is 12.7. The Morgan fingerprint density at radius 1 is 1.41 bits per heavy atom. The molecule has 0 aromatic heterocycles. The van der Waals surface area contributed by atoms with Crippen molar-refractivity contribution < 1.29 is 4.74 Å². The Morgan fingerprint density at radius 2 is 2.06 bits per heavy atom. The molecule has 0 atom stereocenters. The number of ether oxygens (including phenoxy) is 1. The van der Waals surface area contributed by atoms with Crippen LogP contribution in [0.5, 0.6) is 5.75 Å². The van der Waals surface area contributed by atoms with Gasteiger partial charge in [-0.15, -0.1) is 0 Å². The quantitative estimate of drug-likeness (QED) is 0.844. The number of likely N-dealkylation sites (N-methyl/N-ethyl adjacent to an activating group) is 1. The molecule has 3 nitrogen and oxygen atoms in total. The monoisotopic (exact) mass is 316 g/mol. The minimum absolute atomic E-state index is 0.615. The van der Waals surface area contributed by atoms with Gasteiger partial charge in [-0.2, -0.15) is 0 Å². The molecule has 1 N–H and O–H groups in total. The number of nitrogens with one attached hydrogen (secondary N) is 1. The van der Waals surface area contributed by atoms with Crippen LogP contribution in [0.15, 0.2) is 28.7 Å². The van der Waals surface area contributed by atoms with E-state index >= 15 is 0 Å². The van der Waals surface area contributed by atoms with E-state index in [1.54, 1.807) is 0 Å². The van der Waals surface area contributed by atoms with Gasteiger partial charge in [0.2, 0.25) is 0 Å². The second-order valence-electron chi connectivity index (χ2n) is 3.56. The highest BCUT2D eigenvalue weighted by Gasteiger charge is 2.02. The molecular weight excluding hydrogens is 300 g/mol. The van der Waals surface area contributed by atoms with Crippen LogP contribution in [0.3, 0.4) is 0 Å². The molecule has 94 valence electrons. The van der Waals surface area contributed by atoms with Crippen molar-refractivity contribution in [2.75, 3.05) is 26.7 Å². The van der Waals surface area contributed by atoms with Crippen LogP contribution in [0.4, 0.5) is 0 Å². The molecule has 1 aromatic rings. The minimum Gasteiger partial charge on any atom is -0.492 e. The number of nitrogens with zero attached hydrogens (tertiary/aromatic N) is 1. The number of rotatable bonds is 5. The summed E-state index contributed by atoms with van der Waals surface area (Å²) in [5.74, 6) is 0.871. The first-order valence-electron chi connectivity index (χ1n) is 5.50. The zero-order valence-corrected chi connectivity index (χ0v) is 12.5. The summed E-state index contributed by atoms with van der Waals surface area (Å²) in [5.41, 5.74) is 0.